The van der Waals surface area contributed by atoms with Crippen LogP contribution in [-0.2, 0) is 14.4 Å². The lowest BCUT2D eigenvalue weighted by molar-refractivity contribution is -0.144. The monoisotopic (exact) mass is 245 g/mol. The molecule has 0 rings (SSSR count). The molecule has 6 heteroatoms. The van der Waals surface area contributed by atoms with Crippen molar-refractivity contribution in [2.75, 3.05) is 0 Å². The number of carboxylic acid groups (broad SMARTS) is 2. The Labute approximate surface area is 100 Å². The molecule has 0 saturated carbocycles. The van der Waals surface area contributed by atoms with E-state index in [2.05, 4.69) is 5.32 Å². The molecule has 0 fully saturated rings. The summed E-state index contributed by atoms with van der Waals surface area (Å²) in [6.07, 6.45) is 0.231. The number of nitrogens with one attached hydrogen (secondary N) is 1. The SMILES string of the molecule is CC(C)(C)C(=O)N[C@@H](CCCC(=O)O)C(=O)O. The third-order valence-corrected chi connectivity index (χ3v) is 2.17. The molecule has 1 atom stereocenters. The molecule has 0 aromatic heterocycles. The van der Waals surface area contributed by atoms with Gasteiger partial charge in [-0.25, -0.2) is 4.79 Å². The smallest absolute Gasteiger partial charge is 0.326 e. The van der Waals surface area contributed by atoms with E-state index < -0.39 is 23.4 Å². The van der Waals surface area contributed by atoms with Crippen molar-refractivity contribution < 1.29 is 24.6 Å². The van der Waals surface area contributed by atoms with Crippen LogP contribution in [0, 0.1) is 5.41 Å². The van der Waals surface area contributed by atoms with Crippen molar-refractivity contribution in [3.63, 3.8) is 0 Å². The number of hydrogen-bond acceptors (Lipinski definition) is 3. The molecule has 98 valence electrons. The summed E-state index contributed by atoms with van der Waals surface area (Å²) in [5, 5.41) is 19.7. The van der Waals surface area contributed by atoms with Gasteiger partial charge in [-0.2, -0.15) is 0 Å². The molecular weight excluding hydrogens is 226 g/mol. The van der Waals surface area contributed by atoms with Crippen molar-refractivity contribution in [2.24, 2.45) is 5.41 Å². The van der Waals surface area contributed by atoms with E-state index in [-0.39, 0.29) is 25.2 Å². The van der Waals surface area contributed by atoms with Crippen LogP contribution in [0.15, 0.2) is 0 Å². The summed E-state index contributed by atoms with van der Waals surface area (Å²) < 4.78 is 0. The van der Waals surface area contributed by atoms with Gasteiger partial charge in [-0.3, -0.25) is 9.59 Å². The summed E-state index contributed by atoms with van der Waals surface area (Å²) >= 11 is 0. The van der Waals surface area contributed by atoms with Gasteiger partial charge in [-0.05, 0) is 12.8 Å². The van der Waals surface area contributed by atoms with Crippen molar-refractivity contribution in [1.29, 1.82) is 0 Å². The van der Waals surface area contributed by atoms with Gasteiger partial charge >= 0.3 is 11.9 Å². The maximum atomic E-state index is 11.6. The highest BCUT2D eigenvalue weighted by Crippen LogP contribution is 2.14. The highest BCUT2D eigenvalue weighted by molar-refractivity contribution is 5.86. The highest BCUT2D eigenvalue weighted by Gasteiger charge is 2.27. The van der Waals surface area contributed by atoms with Crippen molar-refractivity contribution in [1.82, 2.24) is 5.32 Å². The van der Waals surface area contributed by atoms with Crippen molar-refractivity contribution in [2.45, 2.75) is 46.1 Å². The largest absolute Gasteiger partial charge is 0.481 e. The zero-order chi connectivity index (χ0) is 13.6. The van der Waals surface area contributed by atoms with Crippen molar-refractivity contribution in [3.05, 3.63) is 0 Å². The molecule has 3 N–H and O–H groups in total. The van der Waals surface area contributed by atoms with E-state index in [9.17, 15) is 14.4 Å². The van der Waals surface area contributed by atoms with E-state index in [0.717, 1.165) is 0 Å². The Morgan fingerprint density at radius 2 is 1.71 bits per heavy atom. The lowest BCUT2D eigenvalue weighted by Gasteiger charge is -2.21. The number of rotatable bonds is 6. The Kier molecular flexibility index (Phi) is 5.64. The van der Waals surface area contributed by atoms with Crippen molar-refractivity contribution in [3.8, 4) is 0 Å². The van der Waals surface area contributed by atoms with Crippen LogP contribution >= 0.6 is 0 Å². The molecule has 0 bridgehead atoms. The van der Waals surface area contributed by atoms with Gasteiger partial charge in [-0.15, -0.1) is 0 Å². The zero-order valence-electron chi connectivity index (χ0n) is 10.3. The van der Waals surface area contributed by atoms with Gasteiger partial charge in [0.1, 0.15) is 6.04 Å². The van der Waals surface area contributed by atoms with Crippen molar-refractivity contribution >= 4 is 17.8 Å². The zero-order valence-corrected chi connectivity index (χ0v) is 10.3. The molecular formula is C11H19NO5. The Hall–Kier alpha value is -1.59. The number of hydrogen-bond donors (Lipinski definition) is 3. The van der Waals surface area contributed by atoms with E-state index in [0.29, 0.717) is 0 Å². The van der Waals surface area contributed by atoms with Crippen LogP contribution in [0.1, 0.15) is 40.0 Å². The van der Waals surface area contributed by atoms with E-state index in [1.165, 1.54) is 0 Å². The fourth-order valence-corrected chi connectivity index (χ4v) is 1.09. The van der Waals surface area contributed by atoms with Crippen LogP contribution in [0.2, 0.25) is 0 Å². The fourth-order valence-electron chi connectivity index (χ4n) is 1.09. The fraction of sp³-hybridized carbons (Fsp3) is 0.727. The minimum absolute atomic E-state index is 0.102. The van der Waals surface area contributed by atoms with Gasteiger partial charge in [0, 0.05) is 11.8 Å². The molecule has 0 aliphatic rings. The Morgan fingerprint density at radius 1 is 1.18 bits per heavy atom. The molecule has 17 heavy (non-hydrogen) atoms. The molecule has 0 unspecified atom stereocenters. The second-order valence-corrected chi connectivity index (χ2v) is 4.90. The third kappa shape index (κ3) is 6.55. The topological polar surface area (TPSA) is 104 Å². The lowest BCUT2D eigenvalue weighted by atomic mass is 9.95. The molecule has 0 spiro atoms. The predicted octanol–water partition coefficient (Wildman–Crippen LogP) is 0.857. The summed E-state index contributed by atoms with van der Waals surface area (Å²) in [4.78, 5) is 32.8. The highest BCUT2D eigenvalue weighted by atomic mass is 16.4. The van der Waals surface area contributed by atoms with Crippen LogP contribution < -0.4 is 5.32 Å². The molecule has 0 radical (unpaired) electrons. The summed E-state index contributed by atoms with van der Waals surface area (Å²) in [7, 11) is 0. The first-order valence-corrected chi connectivity index (χ1v) is 5.40. The van der Waals surface area contributed by atoms with Gasteiger partial charge in [0.05, 0.1) is 0 Å². The molecule has 0 heterocycles. The van der Waals surface area contributed by atoms with Gasteiger partial charge in [0.15, 0.2) is 0 Å². The molecule has 0 aromatic carbocycles. The first kappa shape index (κ1) is 15.4. The number of carbonyl (C=O) groups is 3. The predicted molar refractivity (Wildman–Crippen MR) is 60.5 cm³/mol. The molecule has 1 amide bonds. The number of carboxylic acids is 2. The van der Waals surface area contributed by atoms with E-state index in [1.54, 1.807) is 20.8 Å². The minimum atomic E-state index is -1.15. The Morgan fingerprint density at radius 3 is 2.06 bits per heavy atom. The summed E-state index contributed by atoms with van der Waals surface area (Å²) in [5.41, 5.74) is -0.666. The lowest BCUT2D eigenvalue weighted by Crippen LogP contribution is -2.45. The molecule has 0 aliphatic carbocycles. The first-order valence-electron chi connectivity index (χ1n) is 5.40. The van der Waals surface area contributed by atoms with Crippen LogP contribution in [0.25, 0.3) is 0 Å². The molecule has 0 aromatic rings. The Balaban J connectivity index is 4.31. The second-order valence-electron chi connectivity index (χ2n) is 4.90. The average molecular weight is 245 g/mol. The van der Waals surface area contributed by atoms with E-state index in [1.807, 2.05) is 0 Å². The summed E-state index contributed by atoms with van der Waals surface area (Å²) in [5.74, 6) is -2.48. The molecule has 6 nitrogen and oxygen atoms in total. The molecule has 0 saturated heterocycles. The van der Waals surface area contributed by atoms with E-state index in [4.69, 9.17) is 10.2 Å². The summed E-state index contributed by atoms with van der Waals surface area (Å²) in [6, 6.07) is -1.03. The third-order valence-electron chi connectivity index (χ3n) is 2.17. The number of aliphatic carboxylic acids is 2. The average Bonchev–Trinajstić information content (AvgIpc) is 2.13. The van der Waals surface area contributed by atoms with Gasteiger partial charge in [-0.1, -0.05) is 20.8 Å². The summed E-state index contributed by atoms with van der Waals surface area (Å²) in [6.45, 7) is 5.04. The quantitative estimate of drug-likeness (QED) is 0.643. The standard InChI is InChI=1S/C11H19NO5/c1-11(2,3)10(17)12-7(9(15)16)5-4-6-8(13)14/h7H,4-6H2,1-3H3,(H,12,17)(H,13,14)(H,15,16)/t7-/m0/s1. The number of carbonyl (C=O) groups excluding carboxylic acids is 1. The van der Waals surface area contributed by atoms with Crippen LogP contribution in [-0.4, -0.2) is 34.1 Å². The van der Waals surface area contributed by atoms with Gasteiger partial charge in [0.25, 0.3) is 0 Å². The van der Waals surface area contributed by atoms with Gasteiger partial charge in [0.2, 0.25) is 5.91 Å². The first-order chi connectivity index (χ1) is 7.64. The number of amides is 1. The Bertz CT molecular complexity index is 305. The van der Waals surface area contributed by atoms with Crippen LogP contribution in [0.5, 0.6) is 0 Å². The maximum Gasteiger partial charge on any atom is 0.326 e. The normalized spacial score (nSPS) is 12.9. The second kappa shape index (κ2) is 6.22. The minimum Gasteiger partial charge on any atom is -0.481 e. The van der Waals surface area contributed by atoms with Crippen LogP contribution in [0.3, 0.4) is 0 Å². The van der Waals surface area contributed by atoms with E-state index >= 15 is 0 Å². The van der Waals surface area contributed by atoms with Gasteiger partial charge < -0.3 is 15.5 Å². The molecule has 0 aliphatic heterocycles. The maximum absolute atomic E-state index is 11.6. The van der Waals surface area contributed by atoms with Crippen LogP contribution in [0.4, 0.5) is 0 Å².